The molecule has 0 aromatic rings. The zero-order valence-corrected chi connectivity index (χ0v) is 9.50. The number of hydrogen-bond acceptors (Lipinski definition) is 2. The summed E-state index contributed by atoms with van der Waals surface area (Å²) in [4.78, 5) is 0. The summed E-state index contributed by atoms with van der Waals surface area (Å²) in [5.41, 5.74) is 5.80. The van der Waals surface area contributed by atoms with E-state index < -0.39 is 0 Å². The molecule has 0 bridgehead atoms. The predicted octanol–water partition coefficient (Wildman–Crippen LogP) is 1.89. The molecule has 0 amide bonds. The molecule has 2 nitrogen and oxygen atoms in total. The van der Waals surface area contributed by atoms with E-state index in [1.807, 2.05) is 0 Å². The third-order valence-corrected chi connectivity index (χ3v) is 4.33. The first-order chi connectivity index (χ1) is 6.66. The van der Waals surface area contributed by atoms with Crippen LogP contribution in [0.2, 0.25) is 0 Å². The topological polar surface area (TPSA) is 38.0 Å². The van der Waals surface area contributed by atoms with Crippen LogP contribution in [0.15, 0.2) is 0 Å². The molecule has 0 saturated heterocycles. The maximum Gasteiger partial charge on any atom is 0.00992 e. The van der Waals surface area contributed by atoms with Crippen molar-refractivity contribution in [3.8, 4) is 0 Å². The number of hydrogen-bond donors (Lipinski definition) is 2. The van der Waals surface area contributed by atoms with Crippen molar-refractivity contribution in [2.45, 2.75) is 64.1 Å². The number of nitrogens with one attached hydrogen (secondary N) is 1. The predicted molar refractivity (Wildman–Crippen MR) is 60.1 cm³/mol. The smallest absolute Gasteiger partial charge is 0.00992 e. The zero-order valence-electron chi connectivity index (χ0n) is 9.50. The number of rotatable bonds is 2. The highest BCUT2D eigenvalue weighted by molar-refractivity contribution is 4.92. The van der Waals surface area contributed by atoms with Gasteiger partial charge in [0.25, 0.3) is 0 Å². The van der Waals surface area contributed by atoms with Crippen molar-refractivity contribution in [2.75, 3.05) is 0 Å². The highest BCUT2D eigenvalue weighted by Crippen LogP contribution is 2.31. The van der Waals surface area contributed by atoms with E-state index in [-0.39, 0.29) is 0 Å². The monoisotopic (exact) mass is 196 g/mol. The Bertz CT molecular complexity index is 187. The van der Waals surface area contributed by atoms with Crippen molar-refractivity contribution in [2.24, 2.45) is 17.6 Å². The van der Waals surface area contributed by atoms with E-state index in [1.54, 1.807) is 0 Å². The van der Waals surface area contributed by atoms with Gasteiger partial charge >= 0.3 is 0 Å². The molecule has 82 valence electrons. The van der Waals surface area contributed by atoms with Gasteiger partial charge in [0.15, 0.2) is 0 Å². The summed E-state index contributed by atoms with van der Waals surface area (Å²) in [7, 11) is 0. The minimum absolute atomic E-state index is 0.476. The largest absolute Gasteiger partial charge is 0.328 e. The van der Waals surface area contributed by atoms with E-state index >= 15 is 0 Å². The second kappa shape index (κ2) is 4.19. The Hall–Kier alpha value is -0.0800. The molecule has 2 saturated carbocycles. The lowest BCUT2D eigenvalue weighted by molar-refractivity contribution is 0.163. The van der Waals surface area contributed by atoms with Gasteiger partial charge in [-0.25, -0.2) is 0 Å². The van der Waals surface area contributed by atoms with Gasteiger partial charge in [-0.3, -0.25) is 0 Å². The Kier molecular flexibility index (Phi) is 3.13. The van der Waals surface area contributed by atoms with Gasteiger partial charge in [0, 0.05) is 18.1 Å². The average molecular weight is 196 g/mol. The van der Waals surface area contributed by atoms with Crippen LogP contribution in [0, 0.1) is 11.8 Å². The van der Waals surface area contributed by atoms with Crippen LogP contribution in [-0.2, 0) is 0 Å². The molecule has 2 rings (SSSR count). The Morgan fingerprint density at radius 3 is 2.50 bits per heavy atom. The molecule has 3 N–H and O–H groups in total. The summed E-state index contributed by atoms with van der Waals surface area (Å²) in [6, 6.07) is 1.96. The van der Waals surface area contributed by atoms with E-state index in [4.69, 9.17) is 5.73 Å². The van der Waals surface area contributed by atoms with Gasteiger partial charge in [0.2, 0.25) is 0 Å². The van der Waals surface area contributed by atoms with Gasteiger partial charge in [-0.05, 0) is 31.1 Å². The van der Waals surface area contributed by atoms with Crippen molar-refractivity contribution < 1.29 is 0 Å². The van der Waals surface area contributed by atoms with Gasteiger partial charge in [0.05, 0.1) is 0 Å². The Labute approximate surface area is 87.6 Å². The molecular weight excluding hydrogens is 172 g/mol. The lowest BCUT2D eigenvalue weighted by Gasteiger charge is -2.41. The fraction of sp³-hybridized carbons (Fsp3) is 1.00. The van der Waals surface area contributed by atoms with Crippen LogP contribution in [0.25, 0.3) is 0 Å². The third kappa shape index (κ3) is 2.12. The first-order valence-electron chi connectivity index (χ1n) is 6.18. The van der Waals surface area contributed by atoms with Crippen molar-refractivity contribution in [3.05, 3.63) is 0 Å². The quantitative estimate of drug-likeness (QED) is 0.708. The lowest BCUT2D eigenvalue weighted by Crippen LogP contribution is -2.54. The average Bonchev–Trinajstić information content (AvgIpc) is 2.10. The van der Waals surface area contributed by atoms with E-state index in [0.29, 0.717) is 6.04 Å². The Balaban J connectivity index is 1.79. The van der Waals surface area contributed by atoms with Crippen molar-refractivity contribution in [3.63, 3.8) is 0 Å². The van der Waals surface area contributed by atoms with Crippen LogP contribution in [-0.4, -0.2) is 18.1 Å². The molecule has 3 unspecified atom stereocenters. The van der Waals surface area contributed by atoms with Crippen LogP contribution in [0.1, 0.15) is 46.0 Å². The molecule has 2 heteroatoms. The van der Waals surface area contributed by atoms with Crippen LogP contribution >= 0.6 is 0 Å². The molecule has 0 aliphatic heterocycles. The van der Waals surface area contributed by atoms with Gasteiger partial charge in [-0.2, -0.15) is 0 Å². The van der Waals surface area contributed by atoms with Crippen LogP contribution in [0.4, 0.5) is 0 Å². The standard InChI is InChI=1S/C12H24N2/c1-8-4-3-5-12(9(8)2)14-11-6-10(13)7-11/h8-12,14H,3-7,13H2,1-2H3. The zero-order chi connectivity index (χ0) is 10.1. The molecule has 0 aromatic carbocycles. The summed E-state index contributed by atoms with van der Waals surface area (Å²) in [5, 5.41) is 3.79. The first-order valence-corrected chi connectivity index (χ1v) is 6.18. The maximum atomic E-state index is 5.80. The van der Waals surface area contributed by atoms with Gasteiger partial charge in [-0.15, -0.1) is 0 Å². The fourth-order valence-electron chi connectivity index (χ4n) is 2.92. The molecule has 0 heterocycles. The first kappa shape index (κ1) is 10.4. The molecule has 2 fully saturated rings. The maximum absolute atomic E-state index is 5.80. The van der Waals surface area contributed by atoms with Gasteiger partial charge in [-0.1, -0.05) is 26.7 Å². The summed E-state index contributed by atoms with van der Waals surface area (Å²) < 4.78 is 0. The summed E-state index contributed by atoms with van der Waals surface area (Å²) in [6.07, 6.45) is 6.58. The molecular formula is C12H24N2. The second-order valence-corrected chi connectivity index (χ2v) is 5.47. The van der Waals surface area contributed by atoms with E-state index in [2.05, 4.69) is 19.2 Å². The molecule has 0 radical (unpaired) electrons. The molecule has 14 heavy (non-hydrogen) atoms. The molecule has 0 spiro atoms. The normalized spacial score (nSPS) is 48.6. The van der Waals surface area contributed by atoms with Crippen LogP contribution in [0.5, 0.6) is 0 Å². The summed E-state index contributed by atoms with van der Waals surface area (Å²) in [6.45, 7) is 4.80. The second-order valence-electron chi connectivity index (χ2n) is 5.47. The van der Waals surface area contributed by atoms with Crippen molar-refractivity contribution >= 4 is 0 Å². The van der Waals surface area contributed by atoms with E-state index in [9.17, 15) is 0 Å². The Morgan fingerprint density at radius 2 is 1.86 bits per heavy atom. The minimum Gasteiger partial charge on any atom is -0.328 e. The van der Waals surface area contributed by atoms with Crippen molar-refractivity contribution in [1.82, 2.24) is 5.32 Å². The molecule has 2 aliphatic carbocycles. The SMILES string of the molecule is CC1CCCC(NC2CC(N)C2)C1C. The molecule has 0 aromatic heterocycles. The molecule has 3 atom stereocenters. The van der Waals surface area contributed by atoms with Crippen molar-refractivity contribution in [1.29, 1.82) is 0 Å². The fourth-order valence-corrected chi connectivity index (χ4v) is 2.92. The molecule has 2 aliphatic rings. The van der Waals surface area contributed by atoms with E-state index in [1.165, 1.54) is 32.1 Å². The third-order valence-electron chi connectivity index (χ3n) is 4.33. The Morgan fingerprint density at radius 1 is 1.14 bits per heavy atom. The van der Waals surface area contributed by atoms with Gasteiger partial charge in [0.1, 0.15) is 0 Å². The summed E-state index contributed by atoms with van der Waals surface area (Å²) in [5.74, 6) is 1.75. The van der Waals surface area contributed by atoms with E-state index in [0.717, 1.165) is 23.9 Å². The van der Waals surface area contributed by atoms with Crippen LogP contribution in [0.3, 0.4) is 0 Å². The minimum atomic E-state index is 0.476. The number of nitrogens with two attached hydrogens (primary N) is 1. The highest BCUT2D eigenvalue weighted by Gasteiger charge is 2.32. The van der Waals surface area contributed by atoms with Crippen LogP contribution < -0.4 is 11.1 Å². The highest BCUT2D eigenvalue weighted by atomic mass is 15.0. The summed E-state index contributed by atoms with van der Waals surface area (Å²) >= 11 is 0. The van der Waals surface area contributed by atoms with Gasteiger partial charge < -0.3 is 11.1 Å². The lowest BCUT2D eigenvalue weighted by atomic mass is 9.76.